The number of benzene rings is 1. The summed E-state index contributed by atoms with van der Waals surface area (Å²) in [7, 11) is 5.67. The molecule has 0 atom stereocenters. The number of anilines is 1. The summed E-state index contributed by atoms with van der Waals surface area (Å²) in [5.74, 6) is -2.87. The molecule has 1 aromatic heterocycles. The number of rotatable bonds is 10. The highest BCUT2D eigenvalue weighted by Gasteiger charge is 2.36. The second-order valence-corrected chi connectivity index (χ2v) is 9.47. The van der Waals surface area contributed by atoms with Gasteiger partial charge in [0.15, 0.2) is 11.6 Å². The Kier molecular flexibility index (Phi) is 12.8. The van der Waals surface area contributed by atoms with Crippen LogP contribution >= 0.6 is 0 Å². The van der Waals surface area contributed by atoms with Gasteiger partial charge in [-0.25, -0.2) is 14.2 Å². The fourth-order valence-electron chi connectivity index (χ4n) is 4.26. The number of nitrogens with zero attached hydrogens (tertiary/aromatic N) is 2. The number of ether oxygens (including phenoxy) is 4. The summed E-state index contributed by atoms with van der Waals surface area (Å²) in [6.07, 6.45) is 3.65. The molecule has 2 aromatic rings. The van der Waals surface area contributed by atoms with Crippen LogP contribution in [0.15, 0.2) is 24.4 Å². The molecule has 8 nitrogen and oxygen atoms in total. The molecule has 1 heterocycles. The van der Waals surface area contributed by atoms with Crippen molar-refractivity contribution in [3.8, 4) is 11.6 Å². The van der Waals surface area contributed by atoms with Crippen molar-refractivity contribution in [3.63, 3.8) is 0 Å². The van der Waals surface area contributed by atoms with Crippen LogP contribution in [0.1, 0.15) is 53.6 Å². The molecule has 12 heteroatoms. The van der Waals surface area contributed by atoms with Crippen molar-refractivity contribution in [1.29, 1.82) is 0 Å². The maximum absolute atomic E-state index is 14.9. The maximum Gasteiger partial charge on any atom is 0.421 e. The summed E-state index contributed by atoms with van der Waals surface area (Å²) in [5.41, 5.74) is -0.921. The highest BCUT2D eigenvalue weighted by molar-refractivity contribution is 5.96. The second kappa shape index (κ2) is 15.5. The van der Waals surface area contributed by atoms with Gasteiger partial charge < -0.3 is 28.6 Å². The molecule has 0 N–H and O–H groups in total. The Morgan fingerprint density at radius 3 is 2.23 bits per heavy atom. The second-order valence-electron chi connectivity index (χ2n) is 9.47. The summed E-state index contributed by atoms with van der Waals surface area (Å²) in [6.45, 7) is 1.84. The molecule has 1 fully saturated rings. The predicted molar refractivity (Wildman–Crippen MR) is 140 cm³/mol. The van der Waals surface area contributed by atoms with E-state index in [1.165, 1.54) is 40.4 Å². The zero-order valence-corrected chi connectivity index (χ0v) is 23.3. The van der Waals surface area contributed by atoms with Gasteiger partial charge in [0, 0.05) is 45.5 Å². The molecule has 1 aromatic carbocycles. The van der Waals surface area contributed by atoms with Gasteiger partial charge in [-0.1, -0.05) is 19.3 Å². The topological polar surface area (TPSA) is 87.2 Å². The third-order valence-corrected chi connectivity index (χ3v) is 6.44. The number of hydrogen-bond acceptors (Lipinski definition) is 8. The molecule has 0 unspecified atom stereocenters. The Morgan fingerprint density at radius 1 is 1.10 bits per heavy atom. The number of likely N-dealkylation sites (N-methyl/N-ethyl adjacent to an activating group) is 1. The molecule has 0 bridgehead atoms. The molecular weight excluding hydrogens is 536 g/mol. The van der Waals surface area contributed by atoms with E-state index >= 15 is 0 Å². The number of methoxy groups -OCH3 is 3. The Balaban J connectivity index is 0.000000598. The van der Waals surface area contributed by atoms with Crippen LogP contribution in [0.5, 0.6) is 11.6 Å². The van der Waals surface area contributed by atoms with Gasteiger partial charge in [0.05, 0.1) is 37.6 Å². The van der Waals surface area contributed by atoms with Crippen molar-refractivity contribution in [2.75, 3.05) is 46.5 Å². The van der Waals surface area contributed by atoms with Crippen LogP contribution in [0.4, 0.5) is 23.2 Å². The van der Waals surface area contributed by atoms with Crippen molar-refractivity contribution in [3.05, 3.63) is 46.9 Å². The third kappa shape index (κ3) is 9.16. The number of aldehydes is 1. The minimum Gasteiger partial charge on any atom is -0.465 e. The number of alkyl halides is 3. The van der Waals surface area contributed by atoms with E-state index in [0.717, 1.165) is 50.6 Å². The summed E-state index contributed by atoms with van der Waals surface area (Å²) in [6, 6.07) is 2.39. The average Bonchev–Trinajstić information content (AvgIpc) is 2.94. The highest BCUT2D eigenvalue weighted by Crippen LogP contribution is 2.39. The van der Waals surface area contributed by atoms with Gasteiger partial charge in [-0.3, -0.25) is 0 Å². The predicted octanol–water partition coefficient (Wildman–Crippen LogP) is 5.99. The fourth-order valence-corrected chi connectivity index (χ4v) is 4.26. The monoisotopic (exact) mass is 572 g/mol. The molecule has 40 heavy (non-hydrogen) atoms. The Morgan fingerprint density at radius 2 is 1.73 bits per heavy atom. The van der Waals surface area contributed by atoms with Gasteiger partial charge in [0.25, 0.3) is 0 Å². The van der Waals surface area contributed by atoms with E-state index in [1.807, 2.05) is 0 Å². The highest BCUT2D eigenvalue weighted by atomic mass is 19.4. The number of esters is 1. The van der Waals surface area contributed by atoms with Crippen LogP contribution in [0, 0.1) is 18.7 Å². The van der Waals surface area contributed by atoms with Crippen molar-refractivity contribution in [2.45, 2.75) is 51.2 Å². The first kappa shape index (κ1) is 33.0. The number of hydrogen-bond donors (Lipinski definition) is 0. The molecule has 222 valence electrons. The number of halogens is 4. The Labute approximate surface area is 231 Å². The lowest BCUT2D eigenvalue weighted by atomic mass is 9.91. The van der Waals surface area contributed by atoms with Gasteiger partial charge in [0.1, 0.15) is 11.8 Å². The summed E-state index contributed by atoms with van der Waals surface area (Å²) in [5, 5.41) is 0. The van der Waals surface area contributed by atoms with Gasteiger partial charge in [0.2, 0.25) is 5.88 Å². The third-order valence-electron chi connectivity index (χ3n) is 6.44. The number of carbonyl (C=O) groups is 2. The standard InChI is InChI=1S/C21H24F4N2O5.C7H12O/c1-12-6-15(21(23,24)25)19(26-9-12)32-18-7-14(20(28)31-5)17(8-16(18)22)27(2)13(10-29-3)11-30-4;8-6-7-4-2-1-3-5-7/h6-9,13H,10-11H2,1-5H3;6-7H,1-5H2. The molecule has 1 saturated carbocycles. The molecule has 0 radical (unpaired) electrons. The van der Waals surface area contributed by atoms with E-state index in [9.17, 15) is 27.2 Å². The maximum atomic E-state index is 14.9. The summed E-state index contributed by atoms with van der Waals surface area (Å²) >= 11 is 0. The van der Waals surface area contributed by atoms with Crippen molar-refractivity contribution in [1.82, 2.24) is 4.98 Å². The van der Waals surface area contributed by atoms with E-state index in [0.29, 0.717) is 5.92 Å². The molecule has 0 saturated heterocycles. The normalized spacial score (nSPS) is 13.8. The molecule has 1 aliphatic carbocycles. The quantitative estimate of drug-likeness (QED) is 0.195. The van der Waals surface area contributed by atoms with Crippen molar-refractivity contribution < 1.29 is 46.1 Å². The van der Waals surface area contributed by atoms with E-state index < -0.39 is 41.2 Å². The smallest absolute Gasteiger partial charge is 0.421 e. The van der Waals surface area contributed by atoms with Crippen molar-refractivity contribution >= 4 is 17.9 Å². The fraction of sp³-hybridized carbons (Fsp3) is 0.536. The molecule has 0 aliphatic heterocycles. The van der Waals surface area contributed by atoms with Crippen LogP contribution in [0.3, 0.4) is 0 Å². The Hall–Kier alpha value is -3.25. The zero-order valence-electron chi connectivity index (χ0n) is 23.3. The van der Waals surface area contributed by atoms with E-state index in [-0.39, 0.29) is 30.0 Å². The lowest BCUT2D eigenvalue weighted by Crippen LogP contribution is -2.39. The van der Waals surface area contributed by atoms with Gasteiger partial charge in [-0.15, -0.1) is 0 Å². The van der Waals surface area contributed by atoms with Gasteiger partial charge in [-0.2, -0.15) is 13.2 Å². The van der Waals surface area contributed by atoms with E-state index in [2.05, 4.69) is 4.98 Å². The van der Waals surface area contributed by atoms with Crippen LogP contribution in [-0.2, 0) is 25.2 Å². The summed E-state index contributed by atoms with van der Waals surface area (Å²) < 4.78 is 75.3. The Bertz CT molecular complexity index is 1120. The molecule has 1 aliphatic rings. The lowest BCUT2D eigenvalue weighted by molar-refractivity contribution is -0.139. The minimum absolute atomic E-state index is 0.119. The van der Waals surface area contributed by atoms with Crippen LogP contribution in [0.25, 0.3) is 0 Å². The number of carbonyl (C=O) groups excluding carboxylic acids is 2. The number of pyridine rings is 1. The number of aromatic nitrogens is 1. The first-order valence-electron chi connectivity index (χ1n) is 12.8. The summed E-state index contributed by atoms with van der Waals surface area (Å²) in [4.78, 5) is 27.7. The van der Waals surface area contributed by atoms with Crippen LogP contribution in [0.2, 0.25) is 0 Å². The largest absolute Gasteiger partial charge is 0.465 e. The SMILES string of the molecule is COCC(COC)N(C)c1cc(F)c(Oc2ncc(C)cc2C(F)(F)F)cc1C(=O)OC.O=CC1CCCCC1. The van der Waals surface area contributed by atoms with Crippen molar-refractivity contribution in [2.24, 2.45) is 5.92 Å². The first-order chi connectivity index (χ1) is 19.0. The molecule has 0 amide bonds. The minimum atomic E-state index is -4.77. The average molecular weight is 573 g/mol. The zero-order chi connectivity index (χ0) is 29.9. The lowest BCUT2D eigenvalue weighted by Gasteiger charge is -2.30. The molecule has 0 spiro atoms. The van der Waals surface area contributed by atoms with Crippen LogP contribution < -0.4 is 9.64 Å². The molecular formula is C28H36F4N2O6. The molecule has 3 rings (SSSR count). The number of aryl methyl sites for hydroxylation is 1. The van der Waals surface area contributed by atoms with Crippen LogP contribution in [-0.4, -0.2) is 64.9 Å². The van der Waals surface area contributed by atoms with Gasteiger partial charge >= 0.3 is 12.1 Å². The van der Waals surface area contributed by atoms with E-state index in [4.69, 9.17) is 18.9 Å². The van der Waals surface area contributed by atoms with Gasteiger partial charge in [-0.05, 0) is 31.4 Å². The first-order valence-corrected chi connectivity index (χ1v) is 12.8. The van der Waals surface area contributed by atoms with E-state index in [1.54, 1.807) is 11.9 Å².